The van der Waals surface area contributed by atoms with Crippen molar-refractivity contribution in [2.45, 2.75) is 6.42 Å². The average Bonchev–Trinajstić information content (AvgIpc) is 2.38. The van der Waals surface area contributed by atoms with Gasteiger partial charge in [-0.25, -0.2) is 4.79 Å². The van der Waals surface area contributed by atoms with Gasteiger partial charge in [0.2, 0.25) is 0 Å². The van der Waals surface area contributed by atoms with Crippen LogP contribution in [0.2, 0.25) is 0 Å². The number of benzene rings is 2. The molecule has 2 rings (SSSR count). The van der Waals surface area contributed by atoms with E-state index >= 15 is 0 Å². The zero-order valence-electron chi connectivity index (χ0n) is 9.87. The highest BCUT2D eigenvalue weighted by Gasteiger charge is 2.01. The van der Waals surface area contributed by atoms with Crippen LogP contribution in [-0.4, -0.2) is 17.7 Å². The molecule has 0 bridgehead atoms. The van der Waals surface area contributed by atoms with Crippen molar-refractivity contribution in [2.24, 2.45) is 0 Å². The molecule has 0 heterocycles. The van der Waals surface area contributed by atoms with Crippen LogP contribution >= 0.6 is 0 Å². The van der Waals surface area contributed by atoms with E-state index in [1.807, 2.05) is 36.4 Å². The van der Waals surface area contributed by atoms with Gasteiger partial charge in [0.25, 0.3) is 0 Å². The molecule has 18 heavy (non-hydrogen) atoms. The number of carboxylic acids is 1. The van der Waals surface area contributed by atoms with Crippen molar-refractivity contribution < 1.29 is 14.6 Å². The van der Waals surface area contributed by atoms with E-state index in [9.17, 15) is 4.79 Å². The van der Waals surface area contributed by atoms with Gasteiger partial charge in [0.05, 0.1) is 0 Å². The van der Waals surface area contributed by atoms with Crippen molar-refractivity contribution in [1.82, 2.24) is 0 Å². The van der Waals surface area contributed by atoms with E-state index in [1.165, 1.54) is 5.56 Å². The Balaban J connectivity index is 2.05. The van der Waals surface area contributed by atoms with Crippen molar-refractivity contribution in [1.29, 1.82) is 0 Å². The van der Waals surface area contributed by atoms with Gasteiger partial charge in [0.1, 0.15) is 5.75 Å². The second kappa shape index (κ2) is 5.87. The van der Waals surface area contributed by atoms with Gasteiger partial charge < -0.3 is 9.84 Å². The minimum atomic E-state index is -0.969. The molecule has 3 nitrogen and oxygen atoms in total. The third kappa shape index (κ3) is 3.63. The molecule has 1 N–H and O–H groups in total. The summed E-state index contributed by atoms with van der Waals surface area (Å²) in [4.78, 5) is 10.4. The maximum Gasteiger partial charge on any atom is 0.341 e. The predicted octanol–water partition coefficient (Wildman–Crippen LogP) is 2.74. The molecule has 0 atom stereocenters. The number of hydrogen-bond acceptors (Lipinski definition) is 2. The lowest BCUT2D eigenvalue weighted by atomic mass is 10.1. The molecule has 0 radical (unpaired) electrons. The van der Waals surface area contributed by atoms with Crippen molar-refractivity contribution >= 4 is 5.97 Å². The highest BCUT2D eigenvalue weighted by atomic mass is 16.5. The van der Waals surface area contributed by atoms with E-state index in [1.54, 1.807) is 6.07 Å². The highest BCUT2D eigenvalue weighted by molar-refractivity contribution is 5.68. The Morgan fingerprint density at radius 3 is 2.44 bits per heavy atom. The van der Waals surface area contributed by atoms with Gasteiger partial charge in [0.15, 0.2) is 6.61 Å². The Morgan fingerprint density at radius 1 is 1.00 bits per heavy atom. The van der Waals surface area contributed by atoms with Crippen LogP contribution in [-0.2, 0) is 11.2 Å². The van der Waals surface area contributed by atoms with E-state index in [0.717, 1.165) is 12.0 Å². The van der Waals surface area contributed by atoms with Crippen LogP contribution in [0.15, 0.2) is 54.6 Å². The topological polar surface area (TPSA) is 46.5 Å². The molecule has 0 aliphatic rings. The van der Waals surface area contributed by atoms with Crippen molar-refractivity contribution in [3.63, 3.8) is 0 Å². The number of hydrogen-bond donors (Lipinski definition) is 1. The second-order valence-corrected chi connectivity index (χ2v) is 3.99. The molecular weight excluding hydrogens is 228 g/mol. The van der Waals surface area contributed by atoms with E-state index < -0.39 is 5.97 Å². The van der Waals surface area contributed by atoms with Crippen LogP contribution in [0.1, 0.15) is 11.1 Å². The molecule has 3 heteroatoms. The highest BCUT2D eigenvalue weighted by Crippen LogP contribution is 2.16. The first kappa shape index (κ1) is 12.2. The van der Waals surface area contributed by atoms with Gasteiger partial charge in [0, 0.05) is 0 Å². The molecule has 0 saturated heterocycles. The van der Waals surface area contributed by atoms with Gasteiger partial charge in [-0.3, -0.25) is 0 Å². The summed E-state index contributed by atoms with van der Waals surface area (Å²) in [6, 6.07) is 17.6. The quantitative estimate of drug-likeness (QED) is 0.876. The maximum atomic E-state index is 10.4. The summed E-state index contributed by atoms with van der Waals surface area (Å²) >= 11 is 0. The lowest BCUT2D eigenvalue weighted by molar-refractivity contribution is -0.139. The molecular formula is C15H14O3. The van der Waals surface area contributed by atoms with Crippen molar-refractivity contribution in [3.05, 3.63) is 65.7 Å². The summed E-state index contributed by atoms with van der Waals surface area (Å²) in [5, 5.41) is 8.55. The fourth-order valence-corrected chi connectivity index (χ4v) is 1.72. The predicted molar refractivity (Wildman–Crippen MR) is 68.8 cm³/mol. The molecule has 0 fully saturated rings. The number of carbonyl (C=O) groups is 1. The molecule has 92 valence electrons. The molecule has 0 saturated carbocycles. The number of ether oxygens (including phenoxy) is 1. The number of aliphatic carboxylic acids is 1. The molecule has 0 amide bonds. The van der Waals surface area contributed by atoms with E-state index in [4.69, 9.17) is 9.84 Å². The SMILES string of the molecule is O=C(O)COc1cccc(Cc2ccccc2)c1. The lowest BCUT2D eigenvalue weighted by Gasteiger charge is -2.06. The molecule has 0 aromatic heterocycles. The molecule has 2 aromatic rings. The zero-order chi connectivity index (χ0) is 12.8. The standard InChI is InChI=1S/C15H14O3/c16-15(17)11-18-14-8-4-7-13(10-14)9-12-5-2-1-3-6-12/h1-8,10H,9,11H2,(H,16,17). The first-order valence-corrected chi connectivity index (χ1v) is 5.71. The Morgan fingerprint density at radius 2 is 1.72 bits per heavy atom. The smallest absolute Gasteiger partial charge is 0.341 e. The summed E-state index contributed by atoms with van der Waals surface area (Å²) < 4.78 is 5.15. The van der Waals surface area contributed by atoms with Crippen LogP contribution in [0.25, 0.3) is 0 Å². The fourth-order valence-electron chi connectivity index (χ4n) is 1.72. The minimum Gasteiger partial charge on any atom is -0.482 e. The van der Waals surface area contributed by atoms with E-state index in [0.29, 0.717) is 5.75 Å². The first-order chi connectivity index (χ1) is 8.74. The Labute approximate surface area is 106 Å². The molecule has 0 aliphatic carbocycles. The van der Waals surface area contributed by atoms with Gasteiger partial charge in [-0.15, -0.1) is 0 Å². The number of carboxylic acid groups (broad SMARTS) is 1. The third-order valence-corrected chi connectivity index (χ3v) is 2.51. The van der Waals surface area contributed by atoms with Crippen LogP contribution in [0.5, 0.6) is 5.75 Å². The molecule has 0 aliphatic heterocycles. The normalized spacial score (nSPS) is 10.0. The van der Waals surface area contributed by atoms with Gasteiger partial charge in [-0.2, -0.15) is 0 Å². The van der Waals surface area contributed by atoms with Gasteiger partial charge >= 0.3 is 5.97 Å². The average molecular weight is 242 g/mol. The van der Waals surface area contributed by atoms with Crippen molar-refractivity contribution in [3.8, 4) is 5.75 Å². The summed E-state index contributed by atoms with van der Waals surface area (Å²) in [7, 11) is 0. The Hall–Kier alpha value is -2.29. The largest absolute Gasteiger partial charge is 0.482 e. The van der Waals surface area contributed by atoms with E-state index in [2.05, 4.69) is 12.1 Å². The summed E-state index contributed by atoms with van der Waals surface area (Å²) in [6.07, 6.45) is 0.811. The van der Waals surface area contributed by atoms with Crippen LogP contribution in [0.4, 0.5) is 0 Å². The monoisotopic (exact) mass is 242 g/mol. The fraction of sp³-hybridized carbons (Fsp3) is 0.133. The second-order valence-electron chi connectivity index (χ2n) is 3.99. The van der Waals surface area contributed by atoms with Crippen molar-refractivity contribution in [2.75, 3.05) is 6.61 Å². The molecule has 0 spiro atoms. The van der Waals surface area contributed by atoms with Gasteiger partial charge in [-0.05, 0) is 29.7 Å². The van der Waals surface area contributed by atoms with Crippen LogP contribution in [0.3, 0.4) is 0 Å². The Bertz CT molecular complexity index is 520. The molecule has 2 aromatic carbocycles. The third-order valence-electron chi connectivity index (χ3n) is 2.51. The van der Waals surface area contributed by atoms with Gasteiger partial charge in [-0.1, -0.05) is 42.5 Å². The summed E-state index contributed by atoms with van der Waals surface area (Å²) in [5.41, 5.74) is 2.32. The number of rotatable bonds is 5. The minimum absolute atomic E-state index is 0.311. The maximum absolute atomic E-state index is 10.4. The van der Waals surface area contributed by atoms with Crippen LogP contribution < -0.4 is 4.74 Å². The van der Waals surface area contributed by atoms with E-state index in [-0.39, 0.29) is 6.61 Å². The molecule has 0 unspecified atom stereocenters. The summed E-state index contributed by atoms with van der Waals surface area (Å²) in [6.45, 7) is -0.311. The van der Waals surface area contributed by atoms with Crippen LogP contribution in [0, 0.1) is 0 Å². The Kier molecular flexibility index (Phi) is 3.97. The first-order valence-electron chi connectivity index (χ1n) is 5.71. The summed E-state index contributed by atoms with van der Waals surface area (Å²) in [5.74, 6) is -0.380. The lowest BCUT2D eigenvalue weighted by Crippen LogP contribution is -2.09. The zero-order valence-corrected chi connectivity index (χ0v) is 9.87.